The molecule has 2 aromatic rings. The van der Waals surface area contributed by atoms with Crippen molar-refractivity contribution in [3.63, 3.8) is 0 Å². The Hall–Kier alpha value is -2.14. The normalized spacial score (nSPS) is 11.7. The SMILES string of the molecule is Cc1cccc(OCCCNC(=O)c2ccc([S@@](C)=O)cc2)c1. The van der Waals surface area contributed by atoms with Crippen LogP contribution in [0.5, 0.6) is 5.75 Å². The van der Waals surface area contributed by atoms with E-state index < -0.39 is 10.8 Å². The summed E-state index contributed by atoms with van der Waals surface area (Å²) in [5.74, 6) is 0.716. The van der Waals surface area contributed by atoms with Gasteiger partial charge in [0.25, 0.3) is 5.91 Å². The molecule has 0 saturated carbocycles. The van der Waals surface area contributed by atoms with E-state index >= 15 is 0 Å². The highest BCUT2D eigenvalue weighted by atomic mass is 32.2. The van der Waals surface area contributed by atoms with Crippen molar-refractivity contribution in [3.05, 3.63) is 59.7 Å². The Bertz CT molecular complexity index is 683. The van der Waals surface area contributed by atoms with E-state index in [0.29, 0.717) is 23.6 Å². The van der Waals surface area contributed by atoms with Crippen LogP contribution in [0.4, 0.5) is 0 Å². The van der Waals surface area contributed by atoms with Crippen molar-refractivity contribution < 1.29 is 13.7 Å². The molecule has 0 heterocycles. The molecule has 0 radical (unpaired) electrons. The lowest BCUT2D eigenvalue weighted by Crippen LogP contribution is -2.25. The smallest absolute Gasteiger partial charge is 0.251 e. The zero-order valence-corrected chi connectivity index (χ0v) is 14.2. The Kier molecular flexibility index (Phi) is 6.35. The first-order valence-electron chi connectivity index (χ1n) is 7.47. The largest absolute Gasteiger partial charge is 0.494 e. The van der Waals surface area contributed by atoms with Gasteiger partial charge in [0.15, 0.2) is 0 Å². The summed E-state index contributed by atoms with van der Waals surface area (Å²) in [7, 11) is -1.03. The molecule has 0 aliphatic rings. The quantitative estimate of drug-likeness (QED) is 0.794. The predicted molar refractivity (Wildman–Crippen MR) is 92.4 cm³/mol. The van der Waals surface area contributed by atoms with Gasteiger partial charge in [-0.25, -0.2) is 0 Å². The third-order valence-electron chi connectivity index (χ3n) is 3.31. The Morgan fingerprint density at radius 1 is 1.17 bits per heavy atom. The van der Waals surface area contributed by atoms with E-state index in [9.17, 15) is 9.00 Å². The van der Waals surface area contributed by atoms with E-state index in [1.54, 1.807) is 30.5 Å². The first kappa shape index (κ1) is 17.2. The van der Waals surface area contributed by atoms with Crippen LogP contribution in [-0.2, 0) is 10.8 Å². The molecule has 0 aliphatic carbocycles. The summed E-state index contributed by atoms with van der Waals surface area (Å²) in [6.07, 6.45) is 2.35. The van der Waals surface area contributed by atoms with Crippen molar-refractivity contribution in [2.45, 2.75) is 18.2 Å². The van der Waals surface area contributed by atoms with Gasteiger partial charge in [-0.3, -0.25) is 9.00 Å². The molecule has 0 unspecified atom stereocenters. The lowest BCUT2D eigenvalue weighted by molar-refractivity contribution is 0.0951. The third kappa shape index (κ3) is 5.53. The van der Waals surface area contributed by atoms with Crippen LogP contribution >= 0.6 is 0 Å². The second kappa shape index (κ2) is 8.48. The van der Waals surface area contributed by atoms with Crippen LogP contribution in [0, 0.1) is 6.92 Å². The average Bonchev–Trinajstić information content (AvgIpc) is 2.54. The molecule has 5 heteroatoms. The third-order valence-corrected chi connectivity index (χ3v) is 4.25. The Labute approximate surface area is 139 Å². The minimum Gasteiger partial charge on any atom is -0.494 e. The first-order valence-corrected chi connectivity index (χ1v) is 9.03. The van der Waals surface area contributed by atoms with Gasteiger partial charge in [0.1, 0.15) is 5.75 Å². The molecule has 0 spiro atoms. The standard InChI is InChI=1S/C18H21NO3S/c1-14-5-3-6-16(13-14)22-12-4-11-19-18(20)15-7-9-17(10-8-15)23(2)21/h3,5-10,13H,4,11-12H2,1-2H3,(H,19,20)/t23-/m1/s1. The highest BCUT2D eigenvalue weighted by molar-refractivity contribution is 7.84. The summed E-state index contributed by atoms with van der Waals surface area (Å²) in [6.45, 7) is 3.12. The Morgan fingerprint density at radius 3 is 2.57 bits per heavy atom. The van der Waals surface area contributed by atoms with Crippen molar-refractivity contribution in [1.82, 2.24) is 5.32 Å². The number of carbonyl (C=O) groups is 1. The lowest BCUT2D eigenvalue weighted by atomic mass is 10.2. The summed E-state index contributed by atoms with van der Waals surface area (Å²) in [5.41, 5.74) is 1.73. The molecule has 122 valence electrons. The van der Waals surface area contributed by atoms with Crippen LogP contribution in [0.15, 0.2) is 53.4 Å². The molecule has 0 bridgehead atoms. The lowest BCUT2D eigenvalue weighted by Gasteiger charge is -2.08. The number of hydrogen-bond donors (Lipinski definition) is 1. The van der Waals surface area contributed by atoms with Crippen molar-refractivity contribution >= 4 is 16.7 Å². The molecule has 0 aromatic heterocycles. The molecule has 1 N–H and O–H groups in total. The first-order chi connectivity index (χ1) is 11.1. The van der Waals surface area contributed by atoms with Crippen LogP contribution in [0.1, 0.15) is 22.3 Å². The molecular weight excluding hydrogens is 310 g/mol. The Balaban J connectivity index is 1.71. The maximum absolute atomic E-state index is 12.0. The predicted octanol–water partition coefficient (Wildman–Crippen LogP) is 2.93. The molecule has 1 atom stereocenters. The fraction of sp³-hybridized carbons (Fsp3) is 0.278. The number of amides is 1. The summed E-state index contributed by atoms with van der Waals surface area (Å²) >= 11 is 0. The van der Waals surface area contributed by atoms with Crippen molar-refractivity contribution in [3.8, 4) is 5.75 Å². The van der Waals surface area contributed by atoms with E-state index in [4.69, 9.17) is 4.74 Å². The maximum Gasteiger partial charge on any atom is 0.251 e. The van der Waals surface area contributed by atoms with E-state index in [1.807, 2.05) is 31.2 Å². The average molecular weight is 331 g/mol. The van der Waals surface area contributed by atoms with Crippen molar-refractivity contribution in [2.24, 2.45) is 0 Å². The number of benzene rings is 2. The zero-order chi connectivity index (χ0) is 16.7. The molecule has 0 aliphatic heterocycles. The van der Waals surface area contributed by atoms with Gasteiger partial charge in [-0.15, -0.1) is 0 Å². The van der Waals surface area contributed by atoms with Crippen LogP contribution in [0.25, 0.3) is 0 Å². The maximum atomic E-state index is 12.0. The summed E-state index contributed by atoms with van der Waals surface area (Å²) < 4.78 is 16.9. The number of hydrogen-bond acceptors (Lipinski definition) is 3. The van der Waals surface area contributed by atoms with E-state index in [2.05, 4.69) is 5.32 Å². The molecular formula is C18H21NO3S. The van der Waals surface area contributed by atoms with Crippen LogP contribution in [-0.4, -0.2) is 29.5 Å². The molecule has 4 nitrogen and oxygen atoms in total. The minimum atomic E-state index is -1.03. The van der Waals surface area contributed by atoms with E-state index in [1.165, 1.54) is 0 Å². The van der Waals surface area contributed by atoms with Crippen molar-refractivity contribution in [1.29, 1.82) is 0 Å². The number of nitrogens with one attached hydrogen (secondary N) is 1. The van der Waals surface area contributed by atoms with Crippen LogP contribution < -0.4 is 10.1 Å². The van der Waals surface area contributed by atoms with Gasteiger partial charge in [0, 0.05) is 34.1 Å². The molecule has 0 saturated heterocycles. The summed E-state index contributed by atoms with van der Waals surface area (Å²) in [4.78, 5) is 12.7. The second-order valence-corrected chi connectivity index (χ2v) is 6.63. The molecule has 2 aromatic carbocycles. The fourth-order valence-corrected chi connectivity index (χ4v) is 2.59. The topological polar surface area (TPSA) is 55.4 Å². The fourth-order valence-electron chi connectivity index (χ4n) is 2.07. The molecule has 2 rings (SSSR count). The number of aryl methyl sites for hydroxylation is 1. The van der Waals surface area contributed by atoms with Gasteiger partial charge in [-0.1, -0.05) is 12.1 Å². The van der Waals surface area contributed by atoms with Gasteiger partial charge in [-0.05, 0) is 55.3 Å². The monoisotopic (exact) mass is 331 g/mol. The van der Waals surface area contributed by atoms with Gasteiger partial charge in [-0.2, -0.15) is 0 Å². The number of ether oxygens (including phenoxy) is 1. The van der Waals surface area contributed by atoms with Crippen LogP contribution in [0.3, 0.4) is 0 Å². The van der Waals surface area contributed by atoms with Gasteiger partial charge < -0.3 is 10.1 Å². The van der Waals surface area contributed by atoms with E-state index in [-0.39, 0.29) is 5.91 Å². The molecule has 23 heavy (non-hydrogen) atoms. The zero-order valence-electron chi connectivity index (χ0n) is 13.4. The highest BCUT2D eigenvalue weighted by Gasteiger charge is 2.05. The Morgan fingerprint density at radius 2 is 1.91 bits per heavy atom. The van der Waals surface area contributed by atoms with Gasteiger partial charge in [0.2, 0.25) is 0 Å². The minimum absolute atomic E-state index is 0.131. The molecule has 1 amide bonds. The van der Waals surface area contributed by atoms with E-state index in [0.717, 1.165) is 17.7 Å². The summed E-state index contributed by atoms with van der Waals surface area (Å²) in [6, 6.07) is 14.7. The number of carbonyl (C=O) groups excluding carboxylic acids is 1. The number of rotatable bonds is 7. The van der Waals surface area contributed by atoms with Crippen LogP contribution in [0.2, 0.25) is 0 Å². The van der Waals surface area contributed by atoms with Crippen molar-refractivity contribution in [2.75, 3.05) is 19.4 Å². The van der Waals surface area contributed by atoms with Gasteiger partial charge in [0.05, 0.1) is 6.61 Å². The highest BCUT2D eigenvalue weighted by Crippen LogP contribution is 2.12. The summed E-state index contributed by atoms with van der Waals surface area (Å²) in [5, 5.41) is 2.85. The second-order valence-electron chi connectivity index (χ2n) is 5.25. The van der Waals surface area contributed by atoms with Gasteiger partial charge >= 0.3 is 0 Å². The molecule has 0 fully saturated rings.